The molecule has 0 spiro atoms. The summed E-state index contributed by atoms with van der Waals surface area (Å²) in [5.41, 5.74) is 0.752. The quantitative estimate of drug-likeness (QED) is 0.720. The zero-order valence-corrected chi connectivity index (χ0v) is 8.46. The van der Waals surface area contributed by atoms with E-state index in [1.165, 1.54) is 0 Å². The summed E-state index contributed by atoms with van der Waals surface area (Å²) >= 11 is 0. The van der Waals surface area contributed by atoms with Gasteiger partial charge < -0.3 is 9.15 Å². The van der Waals surface area contributed by atoms with Gasteiger partial charge >= 0.3 is 11.7 Å². The fourth-order valence-corrected chi connectivity index (χ4v) is 1.30. The Hall–Kier alpha value is -1.19. The summed E-state index contributed by atoms with van der Waals surface area (Å²) in [6, 6.07) is 0.102. The van der Waals surface area contributed by atoms with Gasteiger partial charge in [0.25, 0.3) is 0 Å². The largest absolute Gasteiger partial charge is 0.464 e. The average molecular weight is 185 g/mol. The van der Waals surface area contributed by atoms with Crippen LogP contribution in [0.3, 0.4) is 0 Å². The van der Waals surface area contributed by atoms with Crippen molar-refractivity contribution >= 4 is 0 Å². The maximum Gasteiger partial charge on any atom is 0.422 e. The first kappa shape index (κ1) is 9.89. The Morgan fingerprint density at radius 3 is 2.54 bits per heavy atom. The van der Waals surface area contributed by atoms with Gasteiger partial charge in [-0.2, -0.15) is 0 Å². The molecule has 1 aromatic heterocycles. The smallest absolute Gasteiger partial charge is 0.422 e. The monoisotopic (exact) mass is 185 g/mol. The first-order chi connectivity index (χ1) is 6.07. The Morgan fingerprint density at radius 2 is 2.15 bits per heavy atom. The van der Waals surface area contributed by atoms with Gasteiger partial charge in [0.15, 0.2) is 0 Å². The molecule has 1 rings (SSSR count). The van der Waals surface area contributed by atoms with E-state index in [0.29, 0.717) is 12.6 Å². The predicted molar refractivity (Wildman–Crippen MR) is 49.3 cm³/mol. The Bertz CT molecular complexity index is 335. The fraction of sp³-hybridized carbons (Fsp3) is 0.667. The zero-order chi connectivity index (χ0) is 10.0. The SMILES string of the molecule is CCOc1oc(=O)n(C(C)C)c1C. The number of oxazole rings is 1. The van der Waals surface area contributed by atoms with Crippen molar-refractivity contribution in [3.05, 3.63) is 16.2 Å². The Morgan fingerprint density at radius 1 is 1.54 bits per heavy atom. The normalized spacial score (nSPS) is 10.8. The maximum absolute atomic E-state index is 11.3. The van der Waals surface area contributed by atoms with Gasteiger partial charge in [-0.25, -0.2) is 4.79 Å². The molecule has 4 heteroatoms. The minimum Gasteiger partial charge on any atom is -0.464 e. The van der Waals surface area contributed by atoms with Crippen LogP contribution < -0.4 is 10.5 Å². The summed E-state index contributed by atoms with van der Waals surface area (Å²) < 4.78 is 11.7. The van der Waals surface area contributed by atoms with E-state index < -0.39 is 0 Å². The van der Waals surface area contributed by atoms with Crippen molar-refractivity contribution in [3.63, 3.8) is 0 Å². The van der Waals surface area contributed by atoms with Crippen LogP contribution >= 0.6 is 0 Å². The van der Waals surface area contributed by atoms with Crippen LogP contribution in [0.1, 0.15) is 32.5 Å². The molecule has 0 aliphatic rings. The van der Waals surface area contributed by atoms with Gasteiger partial charge in [0, 0.05) is 6.04 Å². The molecule has 0 unspecified atom stereocenters. The van der Waals surface area contributed by atoms with E-state index >= 15 is 0 Å². The molecule has 0 radical (unpaired) electrons. The lowest BCUT2D eigenvalue weighted by atomic mass is 10.3. The zero-order valence-electron chi connectivity index (χ0n) is 8.46. The van der Waals surface area contributed by atoms with Crippen LogP contribution in [0.4, 0.5) is 0 Å². The Balaban J connectivity index is 3.15. The van der Waals surface area contributed by atoms with Crippen molar-refractivity contribution in [3.8, 4) is 5.95 Å². The molecule has 4 nitrogen and oxygen atoms in total. The van der Waals surface area contributed by atoms with Crippen molar-refractivity contribution in [2.45, 2.75) is 33.7 Å². The third kappa shape index (κ3) is 1.76. The summed E-state index contributed by atoms with van der Waals surface area (Å²) in [6.45, 7) is 8.03. The second-order valence-corrected chi connectivity index (χ2v) is 3.14. The second kappa shape index (κ2) is 3.68. The molecule has 13 heavy (non-hydrogen) atoms. The third-order valence-electron chi connectivity index (χ3n) is 1.83. The van der Waals surface area contributed by atoms with Crippen LogP contribution in [-0.2, 0) is 0 Å². The summed E-state index contributed by atoms with van der Waals surface area (Å²) in [6.07, 6.45) is 0. The molecule has 0 aliphatic heterocycles. The van der Waals surface area contributed by atoms with Crippen LogP contribution in [0.2, 0.25) is 0 Å². The molecule has 0 aliphatic carbocycles. The van der Waals surface area contributed by atoms with Gasteiger partial charge in [-0.3, -0.25) is 4.57 Å². The highest BCUT2D eigenvalue weighted by Crippen LogP contribution is 2.18. The van der Waals surface area contributed by atoms with E-state index in [9.17, 15) is 4.79 Å². The lowest BCUT2D eigenvalue weighted by molar-refractivity contribution is 0.248. The first-order valence-corrected chi connectivity index (χ1v) is 4.42. The standard InChI is InChI=1S/C9H15NO3/c1-5-12-8-7(4)10(6(2)3)9(11)13-8/h6H,5H2,1-4H3. The molecule has 0 saturated heterocycles. The maximum atomic E-state index is 11.3. The predicted octanol–water partition coefficient (Wildman–Crippen LogP) is 1.73. The van der Waals surface area contributed by atoms with Gasteiger partial charge in [0.05, 0.1) is 6.61 Å². The van der Waals surface area contributed by atoms with Gasteiger partial charge in [-0.1, -0.05) is 0 Å². The van der Waals surface area contributed by atoms with Crippen LogP contribution in [0.5, 0.6) is 5.95 Å². The number of nitrogens with zero attached hydrogens (tertiary/aromatic N) is 1. The van der Waals surface area contributed by atoms with Crippen molar-refractivity contribution in [1.82, 2.24) is 4.57 Å². The molecule has 0 N–H and O–H groups in total. The van der Waals surface area contributed by atoms with Crippen molar-refractivity contribution in [1.29, 1.82) is 0 Å². The van der Waals surface area contributed by atoms with Crippen molar-refractivity contribution in [2.75, 3.05) is 6.61 Å². The van der Waals surface area contributed by atoms with Gasteiger partial charge in [0.2, 0.25) is 0 Å². The van der Waals surface area contributed by atoms with E-state index in [0.717, 1.165) is 5.69 Å². The topological polar surface area (TPSA) is 44.4 Å². The van der Waals surface area contributed by atoms with E-state index in [1.807, 2.05) is 27.7 Å². The van der Waals surface area contributed by atoms with Gasteiger partial charge in [-0.05, 0) is 27.7 Å². The number of hydrogen-bond acceptors (Lipinski definition) is 3. The molecule has 0 aromatic carbocycles. The third-order valence-corrected chi connectivity index (χ3v) is 1.83. The molecular formula is C9H15NO3. The number of ether oxygens (including phenoxy) is 1. The van der Waals surface area contributed by atoms with Crippen molar-refractivity contribution in [2.24, 2.45) is 0 Å². The number of rotatable bonds is 3. The molecule has 0 fully saturated rings. The average Bonchev–Trinajstić information content (AvgIpc) is 2.28. The first-order valence-electron chi connectivity index (χ1n) is 4.42. The van der Waals surface area contributed by atoms with Gasteiger partial charge in [0.1, 0.15) is 5.69 Å². The van der Waals surface area contributed by atoms with E-state index in [-0.39, 0.29) is 11.8 Å². The summed E-state index contributed by atoms with van der Waals surface area (Å²) in [7, 11) is 0. The Labute approximate surface area is 77.1 Å². The fourth-order valence-electron chi connectivity index (χ4n) is 1.30. The summed E-state index contributed by atoms with van der Waals surface area (Å²) in [5.74, 6) is -0.0165. The molecule has 0 saturated carbocycles. The molecule has 1 heterocycles. The van der Waals surface area contributed by atoms with E-state index in [1.54, 1.807) is 4.57 Å². The molecule has 0 amide bonds. The van der Waals surface area contributed by atoms with E-state index in [4.69, 9.17) is 9.15 Å². The number of aromatic nitrogens is 1. The van der Waals surface area contributed by atoms with Crippen LogP contribution in [-0.4, -0.2) is 11.2 Å². The summed E-state index contributed by atoms with van der Waals surface area (Å²) in [4.78, 5) is 11.3. The molecular weight excluding hydrogens is 170 g/mol. The highest BCUT2D eigenvalue weighted by Gasteiger charge is 2.15. The van der Waals surface area contributed by atoms with Crippen LogP contribution in [0, 0.1) is 6.92 Å². The highest BCUT2D eigenvalue weighted by molar-refractivity contribution is 5.14. The Kier molecular flexibility index (Phi) is 2.80. The van der Waals surface area contributed by atoms with Crippen LogP contribution in [0.25, 0.3) is 0 Å². The minimum atomic E-state index is -0.351. The molecule has 0 bridgehead atoms. The highest BCUT2D eigenvalue weighted by atomic mass is 16.6. The molecule has 74 valence electrons. The lowest BCUT2D eigenvalue weighted by Gasteiger charge is -2.05. The van der Waals surface area contributed by atoms with Crippen LogP contribution in [0.15, 0.2) is 9.21 Å². The minimum absolute atomic E-state index is 0.102. The summed E-state index contributed by atoms with van der Waals surface area (Å²) in [5, 5.41) is 0. The second-order valence-electron chi connectivity index (χ2n) is 3.14. The van der Waals surface area contributed by atoms with Gasteiger partial charge in [-0.15, -0.1) is 0 Å². The lowest BCUT2D eigenvalue weighted by Crippen LogP contribution is -2.17. The van der Waals surface area contributed by atoms with Crippen molar-refractivity contribution < 1.29 is 9.15 Å². The number of hydrogen-bond donors (Lipinski definition) is 0. The molecule has 1 aromatic rings. The molecule has 0 atom stereocenters. The van der Waals surface area contributed by atoms with E-state index in [2.05, 4.69) is 0 Å².